The number of rotatable bonds is 3. The fraction of sp³-hybridized carbons (Fsp3) is 0.333. The van der Waals surface area contributed by atoms with Crippen LogP contribution in [0.2, 0.25) is 0 Å². The lowest BCUT2D eigenvalue weighted by atomic mass is 9.88. The van der Waals surface area contributed by atoms with Gasteiger partial charge >= 0.3 is 5.97 Å². The van der Waals surface area contributed by atoms with E-state index in [9.17, 15) is 4.79 Å². The van der Waals surface area contributed by atoms with Crippen molar-refractivity contribution in [3.8, 4) is 34.3 Å². The molecule has 1 aromatic heterocycles. The standard InChI is InChI=1S/C24H22NO6.BrH/c1-27-18-4-3-14-16(24(18)28-2)11-25-8-7-13-9-19-20(30-12-29-19)10-15(13)23(25)22(14)17-5-6-21(26)31-17;/h3-4,9-11,17H,5-8,12H2,1-2H3;1H/q+1;/p-1. The number of hydrogen-bond acceptors (Lipinski definition) is 6. The van der Waals surface area contributed by atoms with Crippen molar-refractivity contribution >= 4 is 16.7 Å². The van der Waals surface area contributed by atoms with E-state index in [1.54, 1.807) is 14.2 Å². The van der Waals surface area contributed by atoms with Crippen molar-refractivity contribution < 1.29 is 50.0 Å². The molecule has 32 heavy (non-hydrogen) atoms. The van der Waals surface area contributed by atoms with Crippen LogP contribution in [0, 0.1) is 0 Å². The molecule has 1 atom stereocenters. The number of aryl methyl sites for hydroxylation is 2. The van der Waals surface area contributed by atoms with Crippen molar-refractivity contribution in [1.82, 2.24) is 0 Å². The van der Waals surface area contributed by atoms with Gasteiger partial charge in [-0.05, 0) is 36.2 Å². The summed E-state index contributed by atoms with van der Waals surface area (Å²) in [6.07, 6.45) is 3.73. The van der Waals surface area contributed by atoms with Crippen LogP contribution in [0.3, 0.4) is 0 Å². The maximum Gasteiger partial charge on any atom is 0.306 e. The number of benzene rings is 2. The predicted octanol–water partition coefficient (Wildman–Crippen LogP) is 0.478. The normalized spacial score (nSPS) is 17.9. The minimum absolute atomic E-state index is 0. The molecular weight excluding hydrogens is 478 g/mol. The zero-order chi connectivity index (χ0) is 21.1. The number of carbonyl (C=O) groups is 1. The number of aromatic nitrogens is 1. The summed E-state index contributed by atoms with van der Waals surface area (Å²) < 4.78 is 30.5. The van der Waals surface area contributed by atoms with Crippen molar-refractivity contribution in [2.75, 3.05) is 21.0 Å². The highest BCUT2D eigenvalue weighted by Gasteiger charge is 2.38. The van der Waals surface area contributed by atoms with Crippen LogP contribution in [0.5, 0.6) is 23.0 Å². The van der Waals surface area contributed by atoms with Gasteiger partial charge in [-0.3, -0.25) is 4.79 Å². The molecule has 1 saturated heterocycles. The summed E-state index contributed by atoms with van der Waals surface area (Å²) >= 11 is 0. The van der Waals surface area contributed by atoms with Crippen LogP contribution in [0.25, 0.3) is 22.0 Å². The van der Waals surface area contributed by atoms with Crippen LogP contribution in [0.1, 0.15) is 30.1 Å². The molecule has 0 saturated carbocycles. The average Bonchev–Trinajstić information content (AvgIpc) is 3.43. The van der Waals surface area contributed by atoms with Crippen molar-refractivity contribution in [2.24, 2.45) is 0 Å². The molecule has 4 heterocycles. The molecule has 0 radical (unpaired) electrons. The minimum atomic E-state index is -0.313. The smallest absolute Gasteiger partial charge is 0.306 e. The zero-order valence-corrected chi connectivity index (χ0v) is 19.4. The second-order valence-corrected chi connectivity index (χ2v) is 7.98. The van der Waals surface area contributed by atoms with Gasteiger partial charge in [0.2, 0.25) is 12.5 Å². The van der Waals surface area contributed by atoms with Gasteiger partial charge in [-0.2, -0.15) is 4.57 Å². The zero-order valence-electron chi connectivity index (χ0n) is 17.8. The van der Waals surface area contributed by atoms with Crippen LogP contribution >= 0.6 is 0 Å². The summed E-state index contributed by atoms with van der Waals surface area (Å²) in [4.78, 5) is 12.0. The number of fused-ring (bicyclic) bond motifs is 5. The molecule has 8 heteroatoms. The van der Waals surface area contributed by atoms with E-state index in [1.807, 2.05) is 12.1 Å². The fourth-order valence-electron chi connectivity index (χ4n) is 5.00. The van der Waals surface area contributed by atoms with Crippen molar-refractivity contribution in [1.29, 1.82) is 0 Å². The van der Waals surface area contributed by atoms with Gasteiger partial charge in [0.25, 0.3) is 0 Å². The van der Waals surface area contributed by atoms with Gasteiger partial charge in [0.1, 0.15) is 6.10 Å². The van der Waals surface area contributed by atoms with Gasteiger partial charge < -0.3 is 40.7 Å². The van der Waals surface area contributed by atoms with E-state index in [0.29, 0.717) is 24.3 Å². The highest BCUT2D eigenvalue weighted by molar-refractivity contribution is 5.95. The van der Waals surface area contributed by atoms with Crippen LogP contribution in [-0.2, 0) is 22.5 Å². The minimum Gasteiger partial charge on any atom is -1.00 e. The molecule has 0 amide bonds. The Labute approximate surface area is 195 Å². The Balaban J connectivity index is 0.00000216. The maximum absolute atomic E-state index is 12.0. The summed E-state index contributed by atoms with van der Waals surface area (Å²) in [5.41, 5.74) is 4.35. The summed E-state index contributed by atoms with van der Waals surface area (Å²) in [7, 11) is 3.28. The predicted molar refractivity (Wildman–Crippen MR) is 111 cm³/mol. The molecule has 3 aliphatic heterocycles. The van der Waals surface area contributed by atoms with Gasteiger partial charge in [0.05, 0.1) is 30.7 Å². The number of carbonyl (C=O) groups excluding carboxylic acids is 1. The van der Waals surface area contributed by atoms with Crippen molar-refractivity contribution in [2.45, 2.75) is 31.9 Å². The van der Waals surface area contributed by atoms with Crippen LogP contribution < -0.4 is 40.5 Å². The second-order valence-electron chi connectivity index (χ2n) is 7.98. The fourth-order valence-corrected chi connectivity index (χ4v) is 5.00. The summed E-state index contributed by atoms with van der Waals surface area (Å²) in [5.74, 6) is 2.71. The van der Waals surface area contributed by atoms with E-state index in [4.69, 9.17) is 23.7 Å². The second kappa shape index (κ2) is 7.85. The molecule has 1 fully saturated rings. The molecule has 166 valence electrons. The molecule has 7 nitrogen and oxygen atoms in total. The first kappa shape index (κ1) is 20.9. The van der Waals surface area contributed by atoms with Crippen molar-refractivity contribution in [3.05, 3.63) is 41.6 Å². The molecule has 0 spiro atoms. The van der Waals surface area contributed by atoms with E-state index < -0.39 is 0 Å². The maximum atomic E-state index is 12.0. The van der Waals surface area contributed by atoms with Gasteiger partial charge in [0, 0.05) is 18.2 Å². The first-order valence-corrected chi connectivity index (χ1v) is 10.4. The van der Waals surface area contributed by atoms with E-state index in [1.165, 1.54) is 5.56 Å². The molecule has 1 unspecified atom stereocenters. The number of halogens is 1. The molecule has 0 N–H and O–H groups in total. The Hall–Kier alpha value is -3.00. The first-order valence-electron chi connectivity index (χ1n) is 10.4. The Morgan fingerprint density at radius 3 is 2.56 bits per heavy atom. The largest absolute Gasteiger partial charge is 1.00 e. The third-order valence-corrected chi connectivity index (χ3v) is 6.38. The van der Waals surface area contributed by atoms with Crippen LogP contribution in [0.15, 0.2) is 30.5 Å². The van der Waals surface area contributed by atoms with E-state index in [-0.39, 0.29) is 35.8 Å². The average molecular weight is 500 g/mol. The van der Waals surface area contributed by atoms with Gasteiger partial charge in [-0.25, -0.2) is 0 Å². The van der Waals surface area contributed by atoms with Crippen LogP contribution in [0.4, 0.5) is 0 Å². The van der Waals surface area contributed by atoms with Crippen molar-refractivity contribution in [3.63, 3.8) is 0 Å². The molecular formula is C24H22BrNO6. The summed E-state index contributed by atoms with van der Waals surface area (Å²) in [6.45, 7) is 1.03. The number of ether oxygens (including phenoxy) is 5. The number of pyridine rings is 1. The van der Waals surface area contributed by atoms with E-state index in [2.05, 4.69) is 22.9 Å². The Kier molecular flexibility index (Phi) is 5.12. The highest BCUT2D eigenvalue weighted by Crippen LogP contribution is 2.47. The molecule has 0 aliphatic carbocycles. The molecule has 3 aromatic rings. The number of esters is 1. The van der Waals surface area contributed by atoms with Gasteiger partial charge in [-0.15, -0.1) is 0 Å². The van der Waals surface area contributed by atoms with E-state index >= 15 is 0 Å². The summed E-state index contributed by atoms with van der Waals surface area (Å²) in [6, 6.07) is 8.06. The number of nitrogens with zero attached hydrogens (tertiary/aromatic N) is 1. The quantitative estimate of drug-likeness (QED) is 0.385. The monoisotopic (exact) mass is 499 g/mol. The van der Waals surface area contributed by atoms with Crippen LogP contribution in [-0.4, -0.2) is 27.0 Å². The number of methoxy groups -OCH3 is 2. The Morgan fingerprint density at radius 1 is 1.03 bits per heavy atom. The molecule has 6 rings (SSSR count). The molecule has 0 bridgehead atoms. The third-order valence-electron chi connectivity index (χ3n) is 6.38. The lowest BCUT2D eigenvalue weighted by molar-refractivity contribution is -0.686. The topological polar surface area (TPSA) is 67.1 Å². The number of cyclic esters (lactones) is 1. The SMILES string of the molecule is COc1ccc2c(C3CCC(=O)O3)c3[n+](cc2c1OC)CCc1cc2c(cc1-3)OCO2.[Br-]. The first-order chi connectivity index (χ1) is 15.2. The summed E-state index contributed by atoms with van der Waals surface area (Å²) in [5, 5.41) is 1.93. The lowest BCUT2D eigenvalue weighted by Crippen LogP contribution is -3.00. The number of hydrogen-bond donors (Lipinski definition) is 0. The van der Waals surface area contributed by atoms with Gasteiger partial charge in [-0.1, -0.05) is 0 Å². The molecule has 3 aliphatic rings. The van der Waals surface area contributed by atoms with Gasteiger partial charge in [0.15, 0.2) is 35.7 Å². The lowest BCUT2D eigenvalue weighted by Gasteiger charge is -2.22. The molecule has 2 aromatic carbocycles. The Bertz CT molecular complexity index is 1260. The Morgan fingerprint density at radius 2 is 1.84 bits per heavy atom. The highest BCUT2D eigenvalue weighted by atomic mass is 79.9. The third kappa shape index (κ3) is 3.00. The van der Waals surface area contributed by atoms with E-state index in [0.717, 1.165) is 52.1 Å².